The van der Waals surface area contributed by atoms with Gasteiger partial charge in [-0.05, 0) is 41.1 Å². The van der Waals surface area contributed by atoms with Gasteiger partial charge in [0.05, 0.1) is 4.91 Å². The highest BCUT2D eigenvalue weighted by Gasteiger charge is 2.32. The number of rotatable bonds is 3. The lowest BCUT2D eigenvalue weighted by Crippen LogP contribution is -2.28. The van der Waals surface area contributed by atoms with Crippen LogP contribution in [-0.4, -0.2) is 27.5 Å². The summed E-state index contributed by atoms with van der Waals surface area (Å²) in [6.07, 6.45) is 3.68. The third kappa shape index (κ3) is 3.10. The molecule has 0 atom stereocenters. The number of amides is 1. The maximum atomic E-state index is 12.8. The van der Waals surface area contributed by atoms with Crippen molar-refractivity contribution in [3.05, 3.63) is 64.5 Å². The SMILES string of the molecule is CCN1C(=O)/C(=C/c2cccc3ccccc23)S/C1=N/c1nccs1. The van der Waals surface area contributed by atoms with Crippen molar-refractivity contribution in [1.82, 2.24) is 9.88 Å². The zero-order valence-electron chi connectivity index (χ0n) is 13.5. The number of fused-ring (bicyclic) bond motifs is 1. The predicted molar refractivity (Wildman–Crippen MR) is 106 cm³/mol. The molecule has 3 aromatic rings. The minimum Gasteiger partial charge on any atom is -0.287 e. The standard InChI is InChI=1S/C19H15N3OS2/c1-2-22-17(23)16(25-19(22)21-18-20-10-11-24-18)12-14-8-5-7-13-6-3-4-9-15(13)14/h3-12H,2H2,1H3/b16-12-,21-19+. The Morgan fingerprint density at radius 1 is 1.20 bits per heavy atom. The average Bonchev–Trinajstić information content (AvgIpc) is 3.24. The minimum absolute atomic E-state index is 0.00394. The minimum atomic E-state index is -0.00394. The van der Waals surface area contributed by atoms with Gasteiger partial charge in [0, 0.05) is 18.1 Å². The molecule has 1 aromatic heterocycles. The zero-order valence-corrected chi connectivity index (χ0v) is 15.2. The Kier molecular flexibility index (Phi) is 4.38. The van der Waals surface area contributed by atoms with E-state index in [1.165, 1.54) is 23.1 Å². The van der Waals surface area contributed by atoms with Crippen molar-refractivity contribution in [3.8, 4) is 0 Å². The summed E-state index contributed by atoms with van der Waals surface area (Å²) < 4.78 is 0. The van der Waals surface area contributed by atoms with Gasteiger partial charge in [-0.15, -0.1) is 11.3 Å². The van der Waals surface area contributed by atoms with E-state index in [-0.39, 0.29) is 5.91 Å². The van der Waals surface area contributed by atoms with Gasteiger partial charge >= 0.3 is 0 Å². The van der Waals surface area contributed by atoms with Gasteiger partial charge < -0.3 is 0 Å². The molecule has 25 heavy (non-hydrogen) atoms. The molecule has 0 N–H and O–H groups in total. The topological polar surface area (TPSA) is 45.6 Å². The summed E-state index contributed by atoms with van der Waals surface area (Å²) in [6, 6.07) is 14.3. The quantitative estimate of drug-likeness (QED) is 0.619. The van der Waals surface area contributed by atoms with E-state index in [9.17, 15) is 4.79 Å². The number of amidine groups is 1. The van der Waals surface area contributed by atoms with E-state index in [1.54, 1.807) is 11.1 Å². The van der Waals surface area contributed by atoms with Crippen molar-refractivity contribution in [2.45, 2.75) is 6.92 Å². The van der Waals surface area contributed by atoms with Crippen LogP contribution in [0.1, 0.15) is 12.5 Å². The van der Waals surface area contributed by atoms with Gasteiger partial charge in [-0.25, -0.2) is 4.98 Å². The number of thiazole rings is 1. The number of likely N-dealkylation sites (N-methyl/N-ethyl adjacent to an activating group) is 1. The molecule has 0 spiro atoms. The van der Waals surface area contributed by atoms with Crippen LogP contribution in [0.15, 0.2) is 63.9 Å². The van der Waals surface area contributed by atoms with Crippen LogP contribution in [0.2, 0.25) is 0 Å². The molecule has 1 fully saturated rings. The summed E-state index contributed by atoms with van der Waals surface area (Å²) in [5.41, 5.74) is 1.04. The molecule has 0 saturated carbocycles. The maximum Gasteiger partial charge on any atom is 0.266 e. The smallest absolute Gasteiger partial charge is 0.266 e. The van der Waals surface area contributed by atoms with Gasteiger partial charge in [0.15, 0.2) is 5.17 Å². The Morgan fingerprint density at radius 2 is 2.04 bits per heavy atom. The highest BCUT2D eigenvalue weighted by atomic mass is 32.2. The summed E-state index contributed by atoms with van der Waals surface area (Å²) in [4.78, 5) is 23.9. The van der Waals surface area contributed by atoms with E-state index < -0.39 is 0 Å². The predicted octanol–water partition coefficient (Wildman–Crippen LogP) is 4.92. The number of benzene rings is 2. The second-order valence-electron chi connectivity index (χ2n) is 5.44. The molecule has 0 bridgehead atoms. The summed E-state index contributed by atoms with van der Waals surface area (Å²) >= 11 is 2.87. The van der Waals surface area contributed by atoms with Crippen LogP contribution in [0, 0.1) is 0 Å². The van der Waals surface area contributed by atoms with E-state index in [2.05, 4.69) is 28.2 Å². The second-order valence-corrected chi connectivity index (χ2v) is 7.32. The Labute approximate surface area is 153 Å². The van der Waals surface area contributed by atoms with Crippen LogP contribution in [0.25, 0.3) is 16.8 Å². The molecule has 1 aliphatic rings. The number of nitrogens with zero attached hydrogens (tertiary/aromatic N) is 3. The van der Waals surface area contributed by atoms with Crippen LogP contribution < -0.4 is 0 Å². The molecule has 1 saturated heterocycles. The van der Waals surface area contributed by atoms with E-state index in [0.29, 0.717) is 21.7 Å². The highest BCUT2D eigenvalue weighted by molar-refractivity contribution is 8.18. The fraction of sp³-hybridized carbons (Fsp3) is 0.105. The molecule has 1 aliphatic heterocycles. The summed E-state index contributed by atoms with van der Waals surface area (Å²) in [5, 5.41) is 5.54. The molecule has 124 valence electrons. The number of hydrogen-bond acceptors (Lipinski definition) is 5. The van der Waals surface area contributed by atoms with Gasteiger partial charge in [-0.2, -0.15) is 4.99 Å². The van der Waals surface area contributed by atoms with Crippen molar-refractivity contribution in [2.75, 3.05) is 6.54 Å². The summed E-state index contributed by atoms with van der Waals surface area (Å²) in [6.45, 7) is 2.54. The Balaban J connectivity index is 1.75. The van der Waals surface area contributed by atoms with Gasteiger partial charge in [0.25, 0.3) is 5.91 Å². The average molecular weight is 365 g/mol. The molecule has 2 aromatic carbocycles. The van der Waals surface area contributed by atoms with Crippen LogP contribution in [-0.2, 0) is 4.79 Å². The Bertz CT molecular complexity index is 988. The number of thioether (sulfide) groups is 1. The van der Waals surface area contributed by atoms with Crippen molar-refractivity contribution in [3.63, 3.8) is 0 Å². The lowest BCUT2D eigenvalue weighted by molar-refractivity contribution is -0.122. The lowest BCUT2D eigenvalue weighted by atomic mass is 10.0. The second kappa shape index (κ2) is 6.82. The largest absolute Gasteiger partial charge is 0.287 e. The fourth-order valence-electron chi connectivity index (χ4n) is 2.74. The van der Waals surface area contributed by atoms with Crippen LogP contribution >= 0.6 is 23.1 Å². The number of aromatic nitrogens is 1. The number of carbonyl (C=O) groups is 1. The molecular formula is C19H15N3OS2. The molecule has 1 amide bonds. The first-order valence-corrected chi connectivity index (χ1v) is 9.63. The summed E-state index contributed by atoms with van der Waals surface area (Å²) in [5.74, 6) is -0.00394. The first kappa shape index (κ1) is 16.1. The van der Waals surface area contributed by atoms with Crippen LogP contribution in [0.4, 0.5) is 5.13 Å². The van der Waals surface area contributed by atoms with Crippen molar-refractivity contribution in [1.29, 1.82) is 0 Å². The van der Waals surface area contributed by atoms with E-state index in [1.807, 2.05) is 42.6 Å². The number of aliphatic imine (C=N–C) groups is 1. The molecule has 0 unspecified atom stereocenters. The Morgan fingerprint density at radius 3 is 2.84 bits per heavy atom. The zero-order chi connectivity index (χ0) is 17.2. The highest BCUT2D eigenvalue weighted by Crippen LogP contribution is 2.35. The first-order valence-electron chi connectivity index (χ1n) is 7.93. The molecule has 2 heterocycles. The molecule has 0 radical (unpaired) electrons. The third-order valence-electron chi connectivity index (χ3n) is 3.92. The molecule has 4 rings (SSSR count). The molecule has 4 nitrogen and oxygen atoms in total. The van der Waals surface area contributed by atoms with Gasteiger partial charge in [0.2, 0.25) is 5.13 Å². The van der Waals surface area contributed by atoms with Crippen molar-refractivity contribution in [2.24, 2.45) is 4.99 Å². The van der Waals surface area contributed by atoms with Gasteiger partial charge in [0.1, 0.15) is 0 Å². The summed E-state index contributed by atoms with van der Waals surface area (Å²) in [7, 11) is 0. The number of carbonyl (C=O) groups excluding carboxylic acids is 1. The van der Waals surface area contributed by atoms with Crippen molar-refractivity contribution < 1.29 is 4.79 Å². The van der Waals surface area contributed by atoms with Crippen LogP contribution in [0.5, 0.6) is 0 Å². The Hall–Kier alpha value is -2.44. The van der Waals surface area contributed by atoms with Gasteiger partial charge in [-0.3, -0.25) is 9.69 Å². The van der Waals surface area contributed by atoms with Crippen molar-refractivity contribution >= 4 is 56.2 Å². The maximum absolute atomic E-state index is 12.8. The van der Waals surface area contributed by atoms with E-state index in [4.69, 9.17) is 0 Å². The first-order chi connectivity index (χ1) is 12.3. The van der Waals surface area contributed by atoms with Crippen LogP contribution in [0.3, 0.4) is 0 Å². The lowest BCUT2D eigenvalue weighted by Gasteiger charge is -2.11. The fourth-order valence-corrected chi connectivity index (χ4v) is 4.34. The molecular weight excluding hydrogens is 350 g/mol. The third-order valence-corrected chi connectivity index (χ3v) is 5.60. The molecule has 0 aliphatic carbocycles. The van der Waals surface area contributed by atoms with E-state index in [0.717, 1.165) is 16.3 Å². The van der Waals surface area contributed by atoms with Gasteiger partial charge in [-0.1, -0.05) is 42.5 Å². The molecule has 6 heteroatoms. The number of hydrogen-bond donors (Lipinski definition) is 0. The van der Waals surface area contributed by atoms with E-state index >= 15 is 0 Å². The monoisotopic (exact) mass is 365 g/mol. The normalized spacial score (nSPS) is 18.0.